The molecule has 0 amide bonds. The molecule has 0 aliphatic heterocycles. The summed E-state index contributed by atoms with van der Waals surface area (Å²) in [7, 11) is 0. The van der Waals surface area contributed by atoms with Crippen LogP contribution in [0.2, 0.25) is 0 Å². The van der Waals surface area contributed by atoms with Crippen molar-refractivity contribution in [1.82, 2.24) is 4.98 Å². The summed E-state index contributed by atoms with van der Waals surface area (Å²) < 4.78 is 5.62. The quantitative estimate of drug-likeness (QED) is 0.815. The Hall–Kier alpha value is -1.39. The number of hydrogen-bond acceptors (Lipinski definition) is 4. The van der Waals surface area contributed by atoms with E-state index in [-0.39, 0.29) is 6.61 Å². The molecule has 0 saturated carbocycles. The average Bonchev–Trinajstić information content (AvgIpc) is 2.76. The van der Waals surface area contributed by atoms with Gasteiger partial charge in [-0.3, -0.25) is 0 Å². The molecule has 0 spiro atoms. The third-order valence-electron chi connectivity index (χ3n) is 2.63. The Balaban J connectivity index is 1.75. The summed E-state index contributed by atoms with van der Waals surface area (Å²) in [5, 5.41) is 10.1. The van der Waals surface area contributed by atoms with E-state index in [1.165, 1.54) is 0 Å². The topological polar surface area (TPSA) is 42.4 Å². The maximum Gasteiger partial charge on any atom is 0.119 e. The Kier molecular flexibility index (Phi) is 4.73. The van der Waals surface area contributed by atoms with Crippen LogP contribution >= 0.6 is 11.3 Å². The van der Waals surface area contributed by atoms with Crippen LogP contribution in [0.1, 0.15) is 22.0 Å². The van der Waals surface area contributed by atoms with Crippen LogP contribution in [0.4, 0.5) is 0 Å². The summed E-state index contributed by atoms with van der Waals surface area (Å²) in [5.74, 6) is 0.906. The molecule has 4 heteroatoms. The second-order valence-electron chi connectivity index (χ2n) is 4.03. The van der Waals surface area contributed by atoms with Gasteiger partial charge in [0.25, 0.3) is 0 Å². The van der Waals surface area contributed by atoms with Crippen molar-refractivity contribution in [3.05, 3.63) is 45.9 Å². The van der Waals surface area contributed by atoms with Crippen molar-refractivity contribution in [1.29, 1.82) is 0 Å². The normalized spacial score (nSPS) is 10.6. The van der Waals surface area contributed by atoms with E-state index in [1.54, 1.807) is 11.3 Å². The minimum absolute atomic E-state index is 0.0306. The zero-order valence-corrected chi connectivity index (χ0v) is 11.2. The molecule has 1 aromatic carbocycles. The standard InChI is InChI=1S/C14H17NO2S/c1-11-13(10-16)15-14(18-11)8-5-9-17-12-6-3-2-4-7-12/h2-4,6-7,16H,5,8-10H2,1H3. The molecule has 0 fully saturated rings. The zero-order chi connectivity index (χ0) is 12.8. The number of ether oxygens (including phenoxy) is 1. The van der Waals surface area contributed by atoms with Crippen LogP contribution in [0, 0.1) is 6.92 Å². The smallest absolute Gasteiger partial charge is 0.119 e. The molecule has 3 nitrogen and oxygen atoms in total. The number of thiazole rings is 1. The summed E-state index contributed by atoms with van der Waals surface area (Å²) in [6, 6.07) is 9.82. The highest BCUT2D eigenvalue weighted by atomic mass is 32.1. The number of aliphatic hydroxyl groups excluding tert-OH is 1. The van der Waals surface area contributed by atoms with Crippen LogP contribution in [0.3, 0.4) is 0 Å². The van der Waals surface area contributed by atoms with Gasteiger partial charge in [0, 0.05) is 11.3 Å². The Morgan fingerprint density at radius 2 is 2.06 bits per heavy atom. The molecule has 96 valence electrons. The van der Waals surface area contributed by atoms with Gasteiger partial charge in [-0.15, -0.1) is 11.3 Å². The molecule has 1 N–H and O–H groups in total. The van der Waals surface area contributed by atoms with Gasteiger partial charge in [0.15, 0.2) is 0 Å². The first-order chi connectivity index (χ1) is 8.79. The third-order valence-corrected chi connectivity index (χ3v) is 3.71. The highest BCUT2D eigenvalue weighted by Crippen LogP contribution is 2.19. The summed E-state index contributed by atoms with van der Waals surface area (Å²) in [4.78, 5) is 5.49. The number of nitrogens with zero attached hydrogens (tertiary/aromatic N) is 1. The fourth-order valence-corrected chi connectivity index (χ4v) is 2.66. The lowest BCUT2D eigenvalue weighted by atomic mass is 10.3. The number of para-hydroxylation sites is 1. The van der Waals surface area contributed by atoms with E-state index in [0.717, 1.165) is 34.2 Å². The fourth-order valence-electron chi connectivity index (χ4n) is 1.67. The van der Waals surface area contributed by atoms with Crippen molar-refractivity contribution >= 4 is 11.3 Å². The van der Waals surface area contributed by atoms with Gasteiger partial charge in [-0.2, -0.15) is 0 Å². The highest BCUT2D eigenvalue weighted by molar-refractivity contribution is 7.11. The summed E-state index contributed by atoms with van der Waals surface area (Å²) in [6.45, 7) is 2.72. The van der Waals surface area contributed by atoms with Crippen molar-refractivity contribution in [3.8, 4) is 5.75 Å². The first-order valence-corrected chi connectivity index (χ1v) is 6.85. The van der Waals surface area contributed by atoms with Crippen LogP contribution < -0.4 is 4.74 Å². The van der Waals surface area contributed by atoms with Crippen molar-refractivity contribution in [2.24, 2.45) is 0 Å². The minimum atomic E-state index is 0.0306. The van der Waals surface area contributed by atoms with Crippen LogP contribution in [-0.4, -0.2) is 16.7 Å². The van der Waals surface area contributed by atoms with Gasteiger partial charge in [-0.1, -0.05) is 18.2 Å². The molecule has 0 radical (unpaired) electrons. The minimum Gasteiger partial charge on any atom is -0.494 e. The Morgan fingerprint density at radius 3 is 2.72 bits per heavy atom. The predicted molar refractivity (Wildman–Crippen MR) is 73.0 cm³/mol. The molecule has 1 aromatic heterocycles. The molecule has 0 atom stereocenters. The van der Waals surface area contributed by atoms with Crippen molar-refractivity contribution in [2.45, 2.75) is 26.4 Å². The van der Waals surface area contributed by atoms with Gasteiger partial charge in [0.1, 0.15) is 5.75 Å². The zero-order valence-electron chi connectivity index (χ0n) is 10.4. The third kappa shape index (κ3) is 3.55. The van der Waals surface area contributed by atoms with Crippen LogP contribution in [0.5, 0.6) is 5.75 Å². The largest absolute Gasteiger partial charge is 0.494 e. The molecule has 0 unspecified atom stereocenters. The van der Waals surface area contributed by atoms with Gasteiger partial charge in [-0.25, -0.2) is 4.98 Å². The molecule has 2 aromatic rings. The van der Waals surface area contributed by atoms with E-state index in [9.17, 15) is 0 Å². The summed E-state index contributed by atoms with van der Waals surface area (Å²) >= 11 is 1.66. The van der Waals surface area contributed by atoms with Gasteiger partial charge >= 0.3 is 0 Å². The number of aliphatic hydroxyl groups is 1. The molecular formula is C14H17NO2S. The van der Waals surface area contributed by atoms with Crippen LogP contribution in [-0.2, 0) is 13.0 Å². The predicted octanol–water partition coefficient (Wildman–Crippen LogP) is 2.96. The Bertz CT molecular complexity index is 482. The maximum atomic E-state index is 9.07. The number of aryl methyl sites for hydroxylation is 2. The number of aromatic nitrogens is 1. The van der Waals surface area contributed by atoms with E-state index >= 15 is 0 Å². The molecule has 0 saturated heterocycles. The fraction of sp³-hybridized carbons (Fsp3) is 0.357. The van der Waals surface area contributed by atoms with Crippen LogP contribution in [0.25, 0.3) is 0 Å². The van der Waals surface area contributed by atoms with Crippen molar-refractivity contribution in [3.63, 3.8) is 0 Å². The molecular weight excluding hydrogens is 246 g/mol. The van der Waals surface area contributed by atoms with Crippen LogP contribution in [0.15, 0.2) is 30.3 Å². The van der Waals surface area contributed by atoms with E-state index in [0.29, 0.717) is 6.61 Å². The average molecular weight is 263 g/mol. The first kappa shape index (κ1) is 13.1. The summed E-state index contributed by atoms with van der Waals surface area (Å²) in [6.07, 6.45) is 1.84. The molecule has 18 heavy (non-hydrogen) atoms. The van der Waals surface area contributed by atoms with E-state index in [1.807, 2.05) is 37.3 Å². The Labute approximate surface area is 111 Å². The molecule has 0 aliphatic rings. The maximum absolute atomic E-state index is 9.07. The second-order valence-corrected chi connectivity index (χ2v) is 5.32. The van der Waals surface area contributed by atoms with E-state index < -0.39 is 0 Å². The summed E-state index contributed by atoms with van der Waals surface area (Å²) in [5.41, 5.74) is 0.805. The van der Waals surface area contributed by atoms with Gasteiger partial charge in [0.2, 0.25) is 0 Å². The van der Waals surface area contributed by atoms with Gasteiger partial charge in [0.05, 0.1) is 23.9 Å². The monoisotopic (exact) mass is 263 g/mol. The highest BCUT2D eigenvalue weighted by Gasteiger charge is 2.06. The first-order valence-electron chi connectivity index (χ1n) is 6.03. The number of rotatable bonds is 6. The van der Waals surface area contributed by atoms with Gasteiger partial charge in [-0.05, 0) is 25.5 Å². The van der Waals surface area contributed by atoms with Crippen molar-refractivity contribution in [2.75, 3.05) is 6.61 Å². The lowest BCUT2D eigenvalue weighted by Crippen LogP contribution is -1.99. The molecule has 2 rings (SSSR count). The van der Waals surface area contributed by atoms with E-state index in [4.69, 9.17) is 9.84 Å². The van der Waals surface area contributed by atoms with E-state index in [2.05, 4.69) is 4.98 Å². The van der Waals surface area contributed by atoms with Crippen molar-refractivity contribution < 1.29 is 9.84 Å². The SMILES string of the molecule is Cc1sc(CCCOc2ccccc2)nc1CO. The molecule has 1 heterocycles. The van der Waals surface area contributed by atoms with Gasteiger partial charge < -0.3 is 9.84 Å². The number of benzene rings is 1. The lowest BCUT2D eigenvalue weighted by Gasteiger charge is -2.04. The lowest BCUT2D eigenvalue weighted by molar-refractivity contribution is 0.276. The molecule has 0 aliphatic carbocycles. The molecule has 0 bridgehead atoms. The second kappa shape index (κ2) is 6.52. The number of hydrogen-bond donors (Lipinski definition) is 1. The Morgan fingerprint density at radius 1 is 1.28 bits per heavy atom.